The number of nitrogens with two attached hydrogens (primary N) is 1. The number of fused-ring (bicyclic) bond motifs is 1. The first-order valence-electron chi connectivity index (χ1n) is 5.51. The van der Waals surface area contributed by atoms with Gasteiger partial charge in [-0.25, -0.2) is 0 Å². The number of anilines is 1. The molecule has 2 rings (SSSR count). The van der Waals surface area contributed by atoms with Crippen LogP contribution in [0.15, 0.2) is 39.0 Å². The van der Waals surface area contributed by atoms with E-state index >= 15 is 0 Å². The second-order valence-corrected chi connectivity index (χ2v) is 8.67. The van der Waals surface area contributed by atoms with Gasteiger partial charge in [0.15, 0.2) is 0 Å². The highest BCUT2D eigenvalue weighted by Crippen LogP contribution is 2.34. The van der Waals surface area contributed by atoms with Gasteiger partial charge < -0.3 is 5.73 Å². The molecule has 0 atom stereocenters. The Morgan fingerprint density at radius 1 is 0.696 bits per heavy atom. The SMILES string of the molecule is Nc1cc(S(=O)(=O)O)c2c(S(=O)(=O)O)cc(S(=O)(=O)O)cc2c1. The van der Waals surface area contributed by atoms with E-state index < -0.39 is 50.4 Å². The zero-order valence-corrected chi connectivity index (χ0v) is 13.4. The van der Waals surface area contributed by atoms with Crippen LogP contribution in [0.25, 0.3) is 10.8 Å². The van der Waals surface area contributed by atoms with Crippen LogP contribution in [0.3, 0.4) is 0 Å². The Labute approximate surface area is 130 Å². The Morgan fingerprint density at radius 2 is 1.17 bits per heavy atom. The van der Waals surface area contributed by atoms with Gasteiger partial charge in [0.25, 0.3) is 30.4 Å². The van der Waals surface area contributed by atoms with Crippen LogP contribution in [0.5, 0.6) is 0 Å². The molecule has 0 amide bonds. The Morgan fingerprint density at radius 3 is 1.61 bits per heavy atom. The minimum absolute atomic E-state index is 0.237. The molecular formula is C10H9NO9S3. The Kier molecular flexibility index (Phi) is 3.91. The maximum Gasteiger partial charge on any atom is 0.295 e. The molecule has 10 nitrogen and oxygen atoms in total. The lowest BCUT2D eigenvalue weighted by Crippen LogP contribution is -2.08. The minimum Gasteiger partial charge on any atom is -0.399 e. The van der Waals surface area contributed by atoms with Gasteiger partial charge in [0.05, 0.1) is 4.90 Å². The van der Waals surface area contributed by atoms with Crippen molar-refractivity contribution in [1.29, 1.82) is 0 Å². The first kappa shape index (κ1) is 17.6. The normalized spacial score (nSPS) is 13.3. The summed E-state index contributed by atoms with van der Waals surface area (Å²) in [7, 11) is -14.9. The van der Waals surface area contributed by atoms with Gasteiger partial charge in [-0.2, -0.15) is 25.3 Å². The standard InChI is InChI=1S/C10H9NO9S3/c11-6-1-5-2-7(21(12,13)14)4-9(23(18,19)20)10(5)8(3-6)22(15,16)17/h1-4H,11H2,(H,12,13,14)(H,15,16,17)(H,18,19,20). The molecule has 0 unspecified atom stereocenters. The van der Waals surface area contributed by atoms with E-state index in [2.05, 4.69) is 0 Å². The van der Waals surface area contributed by atoms with Crippen molar-refractivity contribution in [3.05, 3.63) is 24.3 Å². The summed E-state index contributed by atoms with van der Waals surface area (Å²) in [6.07, 6.45) is 0. The summed E-state index contributed by atoms with van der Waals surface area (Å²) in [6.45, 7) is 0. The van der Waals surface area contributed by atoms with Crippen LogP contribution in [0, 0.1) is 0 Å². The summed E-state index contributed by atoms with van der Waals surface area (Å²) in [5.74, 6) is 0. The topological polar surface area (TPSA) is 189 Å². The van der Waals surface area contributed by atoms with Crippen molar-refractivity contribution in [2.75, 3.05) is 5.73 Å². The van der Waals surface area contributed by atoms with Gasteiger partial charge in [-0.15, -0.1) is 0 Å². The van der Waals surface area contributed by atoms with Gasteiger partial charge in [0, 0.05) is 11.1 Å². The van der Waals surface area contributed by atoms with Crippen molar-refractivity contribution in [2.24, 2.45) is 0 Å². The molecular weight excluding hydrogens is 374 g/mol. The maximum atomic E-state index is 11.5. The van der Waals surface area contributed by atoms with Gasteiger partial charge in [0.1, 0.15) is 9.79 Å². The molecule has 0 spiro atoms. The van der Waals surface area contributed by atoms with Crippen LogP contribution in [-0.4, -0.2) is 38.9 Å². The van der Waals surface area contributed by atoms with Crippen LogP contribution >= 0.6 is 0 Å². The molecule has 5 N–H and O–H groups in total. The third-order valence-electron chi connectivity index (χ3n) is 2.83. The molecule has 0 radical (unpaired) electrons. The quantitative estimate of drug-likeness (QED) is 0.419. The molecule has 0 fully saturated rings. The molecule has 0 heterocycles. The van der Waals surface area contributed by atoms with Crippen molar-refractivity contribution in [1.82, 2.24) is 0 Å². The third kappa shape index (κ3) is 3.44. The van der Waals surface area contributed by atoms with Crippen LogP contribution in [-0.2, 0) is 30.4 Å². The fraction of sp³-hybridized carbons (Fsp3) is 0. The van der Waals surface area contributed by atoms with E-state index in [1.54, 1.807) is 0 Å². The molecule has 2 aromatic rings. The number of hydrogen-bond acceptors (Lipinski definition) is 7. The predicted molar refractivity (Wildman–Crippen MR) is 77.8 cm³/mol. The predicted octanol–water partition coefficient (Wildman–Crippen LogP) is 0.162. The lowest BCUT2D eigenvalue weighted by molar-refractivity contribution is 0.481. The number of rotatable bonds is 3. The van der Waals surface area contributed by atoms with Crippen molar-refractivity contribution >= 4 is 46.8 Å². The fourth-order valence-electron chi connectivity index (χ4n) is 1.99. The van der Waals surface area contributed by atoms with E-state index in [4.69, 9.17) is 10.3 Å². The molecule has 126 valence electrons. The molecule has 2 aromatic carbocycles. The van der Waals surface area contributed by atoms with Gasteiger partial charge in [0.2, 0.25) is 0 Å². The van der Waals surface area contributed by atoms with Crippen LogP contribution in [0.4, 0.5) is 5.69 Å². The average molecular weight is 383 g/mol. The van der Waals surface area contributed by atoms with E-state index in [-0.39, 0.29) is 11.1 Å². The van der Waals surface area contributed by atoms with E-state index in [1.807, 2.05) is 0 Å². The summed E-state index contributed by atoms with van der Waals surface area (Å²) in [6, 6.07) is 2.84. The van der Waals surface area contributed by atoms with Crippen LogP contribution in [0.1, 0.15) is 0 Å². The zero-order chi connectivity index (χ0) is 17.8. The molecule has 0 aliphatic heterocycles. The van der Waals surface area contributed by atoms with Crippen molar-refractivity contribution < 1.29 is 38.9 Å². The highest BCUT2D eigenvalue weighted by molar-refractivity contribution is 7.87. The Balaban J connectivity index is 3.23. The average Bonchev–Trinajstić information content (AvgIpc) is 2.32. The van der Waals surface area contributed by atoms with Crippen LogP contribution < -0.4 is 5.73 Å². The van der Waals surface area contributed by atoms with Gasteiger partial charge in [-0.1, -0.05) is 0 Å². The summed E-state index contributed by atoms with van der Waals surface area (Å²) < 4.78 is 95.6. The van der Waals surface area contributed by atoms with Crippen molar-refractivity contribution in [3.63, 3.8) is 0 Å². The second-order valence-electron chi connectivity index (χ2n) is 4.46. The Hall–Kier alpha value is -1.77. The maximum absolute atomic E-state index is 11.5. The summed E-state index contributed by atoms with van der Waals surface area (Å²) in [5.41, 5.74) is 5.20. The summed E-state index contributed by atoms with van der Waals surface area (Å²) in [4.78, 5) is -2.98. The molecule has 0 aromatic heterocycles. The highest BCUT2D eigenvalue weighted by Gasteiger charge is 2.26. The zero-order valence-electron chi connectivity index (χ0n) is 10.9. The van der Waals surface area contributed by atoms with Crippen molar-refractivity contribution in [2.45, 2.75) is 14.7 Å². The van der Waals surface area contributed by atoms with E-state index in [0.29, 0.717) is 6.07 Å². The van der Waals surface area contributed by atoms with Gasteiger partial charge in [-0.05, 0) is 29.7 Å². The third-order valence-corrected chi connectivity index (χ3v) is 5.41. The van der Waals surface area contributed by atoms with Gasteiger partial charge in [-0.3, -0.25) is 13.7 Å². The first-order chi connectivity index (χ1) is 10.2. The van der Waals surface area contributed by atoms with E-state index in [1.165, 1.54) is 0 Å². The molecule has 23 heavy (non-hydrogen) atoms. The number of benzene rings is 2. The lowest BCUT2D eigenvalue weighted by atomic mass is 10.1. The molecule has 13 heteroatoms. The fourth-order valence-corrected chi connectivity index (χ4v) is 4.20. The van der Waals surface area contributed by atoms with E-state index in [9.17, 15) is 34.4 Å². The largest absolute Gasteiger partial charge is 0.399 e. The summed E-state index contributed by atoms with van der Waals surface area (Å²) >= 11 is 0. The first-order valence-corrected chi connectivity index (χ1v) is 9.83. The molecule has 0 saturated heterocycles. The Bertz CT molecular complexity index is 1130. The van der Waals surface area contributed by atoms with Gasteiger partial charge >= 0.3 is 0 Å². The molecule has 0 aliphatic carbocycles. The minimum atomic E-state index is -5.10. The van der Waals surface area contributed by atoms with Crippen LogP contribution in [0.2, 0.25) is 0 Å². The molecule has 0 saturated carbocycles. The molecule has 0 aliphatic rings. The van der Waals surface area contributed by atoms with E-state index in [0.717, 1.165) is 18.2 Å². The number of hydrogen-bond donors (Lipinski definition) is 4. The smallest absolute Gasteiger partial charge is 0.295 e. The lowest BCUT2D eigenvalue weighted by Gasteiger charge is -2.11. The molecule has 0 bridgehead atoms. The van der Waals surface area contributed by atoms with Crippen molar-refractivity contribution in [3.8, 4) is 0 Å². The highest BCUT2D eigenvalue weighted by atomic mass is 32.2. The monoisotopic (exact) mass is 383 g/mol. The number of nitrogen functional groups attached to an aromatic ring is 1. The summed E-state index contributed by atoms with van der Waals surface area (Å²) in [5, 5.41) is -1.02. The second kappa shape index (κ2) is 5.12.